The van der Waals surface area contributed by atoms with Crippen molar-refractivity contribution in [1.29, 1.82) is 0 Å². The van der Waals surface area contributed by atoms with E-state index in [-0.39, 0.29) is 5.91 Å². The van der Waals surface area contributed by atoms with E-state index in [0.29, 0.717) is 18.9 Å². The SMILES string of the molecule is O=C(CCOc1ccccc1)N1CCC[C@@H](Cc2ccn[nH]2)C1. The van der Waals surface area contributed by atoms with Crippen LogP contribution in [0.25, 0.3) is 0 Å². The third-order valence-corrected chi connectivity index (χ3v) is 4.27. The summed E-state index contributed by atoms with van der Waals surface area (Å²) in [6.07, 6.45) is 5.42. The molecule has 1 aromatic carbocycles. The smallest absolute Gasteiger partial charge is 0.226 e. The summed E-state index contributed by atoms with van der Waals surface area (Å²) < 4.78 is 5.62. The number of nitrogens with one attached hydrogen (secondary N) is 1. The zero-order valence-electron chi connectivity index (χ0n) is 13.3. The predicted octanol–water partition coefficient (Wildman–Crippen LogP) is 2.66. The fourth-order valence-corrected chi connectivity index (χ4v) is 3.10. The molecule has 1 aromatic heterocycles. The number of likely N-dealkylation sites (tertiary alicyclic amines) is 1. The van der Waals surface area contributed by atoms with Gasteiger partial charge in [0.05, 0.1) is 13.0 Å². The zero-order valence-corrected chi connectivity index (χ0v) is 13.3. The second kappa shape index (κ2) is 7.81. The fourth-order valence-electron chi connectivity index (χ4n) is 3.10. The number of ether oxygens (including phenoxy) is 1. The van der Waals surface area contributed by atoms with E-state index in [1.54, 1.807) is 6.20 Å². The number of amides is 1. The Morgan fingerprint density at radius 2 is 2.17 bits per heavy atom. The second-order valence-corrected chi connectivity index (χ2v) is 6.05. The lowest BCUT2D eigenvalue weighted by molar-refractivity contribution is -0.133. The van der Waals surface area contributed by atoms with Crippen LogP contribution < -0.4 is 4.74 Å². The average molecular weight is 313 g/mol. The Hall–Kier alpha value is -2.30. The fraction of sp³-hybridized carbons (Fsp3) is 0.444. The van der Waals surface area contributed by atoms with Gasteiger partial charge in [-0.2, -0.15) is 5.10 Å². The summed E-state index contributed by atoms with van der Waals surface area (Å²) in [4.78, 5) is 14.3. The zero-order chi connectivity index (χ0) is 15.9. The molecule has 0 bridgehead atoms. The molecule has 1 fully saturated rings. The highest BCUT2D eigenvalue weighted by atomic mass is 16.5. The van der Waals surface area contributed by atoms with Crippen LogP contribution in [-0.2, 0) is 11.2 Å². The van der Waals surface area contributed by atoms with Crippen molar-refractivity contribution in [3.05, 3.63) is 48.3 Å². The van der Waals surface area contributed by atoms with Crippen LogP contribution in [0.15, 0.2) is 42.6 Å². The molecule has 1 aliphatic rings. The third kappa shape index (κ3) is 4.58. The lowest BCUT2D eigenvalue weighted by atomic mass is 9.93. The summed E-state index contributed by atoms with van der Waals surface area (Å²) in [5.74, 6) is 1.52. The van der Waals surface area contributed by atoms with Crippen molar-refractivity contribution >= 4 is 5.91 Å². The van der Waals surface area contributed by atoms with Gasteiger partial charge in [-0.3, -0.25) is 9.89 Å². The van der Waals surface area contributed by atoms with Crippen molar-refractivity contribution < 1.29 is 9.53 Å². The summed E-state index contributed by atoms with van der Waals surface area (Å²) >= 11 is 0. The molecule has 2 aromatic rings. The van der Waals surface area contributed by atoms with E-state index in [1.165, 1.54) is 6.42 Å². The van der Waals surface area contributed by atoms with Crippen LogP contribution in [0.1, 0.15) is 25.0 Å². The van der Waals surface area contributed by atoms with Gasteiger partial charge in [-0.15, -0.1) is 0 Å². The van der Waals surface area contributed by atoms with Gasteiger partial charge in [0.2, 0.25) is 5.91 Å². The minimum atomic E-state index is 0.190. The Kier molecular flexibility index (Phi) is 5.29. The van der Waals surface area contributed by atoms with Crippen LogP contribution in [-0.4, -0.2) is 40.7 Å². The minimum Gasteiger partial charge on any atom is -0.493 e. The number of nitrogens with zero attached hydrogens (tertiary/aromatic N) is 2. The van der Waals surface area contributed by atoms with Crippen molar-refractivity contribution in [3.63, 3.8) is 0 Å². The number of carbonyl (C=O) groups excluding carboxylic acids is 1. The van der Waals surface area contributed by atoms with Crippen LogP contribution in [0, 0.1) is 5.92 Å². The van der Waals surface area contributed by atoms with Gasteiger partial charge in [0.25, 0.3) is 0 Å². The number of hydrogen-bond acceptors (Lipinski definition) is 3. The number of aromatic amines is 1. The Morgan fingerprint density at radius 3 is 2.96 bits per heavy atom. The maximum Gasteiger partial charge on any atom is 0.226 e. The van der Waals surface area contributed by atoms with Gasteiger partial charge in [0, 0.05) is 25.0 Å². The van der Waals surface area contributed by atoms with E-state index >= 15 is 0 Å². The van der Waals surface area contributed by atoms with Gasteiger partial charge < -0.3 is 9.64 Å². The van der Waals surface area contributed by atoms with Gasteiger partial charge in [-0.25, -0.2) is 0 Å². The van der Waals surface area contributed by atoms with Crippen LogP contribution in [0.4, 0.5) is 0 Å². The van der Waals surface area contributed by atoms with Crippen molar-refractivity contribution in [3.8, 4) is 5.75 Å². The maximum absolute atomic E-state index is 12.4. The van der Waals surface area contributed by atoms with E-state index in [9.17, 15) is 4.79 Å². The van der Waals surface area contributed by atoms with Crippen molar-refractivity contribution in [1.82, 2.24) is 15.1 Å². The van der Waals surface area contributed by atoms with Crippen LogP contribution in [0.2, 0.25) is 0 Å². The highest BCUT2D eigenvalue weighted by Crippen LogP contribution is 2.20. The molecule has 1 atom stereocenters. The first-order chi connectivity index (χ1) is 11.3. The molecule has 0 spiro atoms. The van der Waals surface area contributed by atoms with Gasteiger partial charge in [0.15, 0.2) is 0 Å². The summed E-state index contributed by atoms with van der Waals surface area (Å²) in [5, 5.41) is 7.00. The number of hydrogen-bond donors (Lipinski definition) is 1. The monoisotopic (exact) mass is 313 g/mol. The quantitative estimate of drug-likeness (QED) is 0.892. The molecule has 122 valence electrons. The molecule has 3 rings (SSSR count). The maximum atomic E-state index is 12.4. The van der Waals surface area contributed by atoms with Gasteiger partial charge in [-0.05, 0) is 43.4 Å². The number of piperidine rings is 1. The Labute approximate surface area is 136 Å². The summed E-state index contributed by atoms with van der Waals surface area (Å²) in [5.41, 5.74) is 1.15. The molecule has 5 nitrogen and oxygen atoms in total. The molecular weight excluding hydrogens is 290 g/mol. The van der Waals surface area contributed by atoms with E-state index < -0.39 is 0 Å². The Bertz CT molecular complexity index is 598. The molecule has 1 N–H and O–H groups in total. The van der Waals surface area contributed by atoms with E-state index in [1.807, 2.05) is 41.3 Å². The molecule has 0 saturated carbocycles. The number of benzene rings is 1. The molecule has 1 aliphatic heterocycles. The number of rotatable bonds is 6. The molecule has 0 aliphatic carbocycles. The topological polar surface area (TPSA) is 58.2 Å². The summed E-state index contributed by atoms with van der Waals surface area (Å²) in [7, 11) is 0. The molecule has 0 radical (unpaired) electrons. The summed E-state index contributed by atoms with van der Waals surface area (Å²) in [6.45, 7) is 2.14. The second-order valence-electron chi connectivity index (χ2n) is 6.05. The lowest BCUT2D eigenvalue weighted by Gasteiger charge is -2.32. The molecule has 5 heteroatoms. The standard InChI is InChI=1S/C18H23N3O2/c22-18(9-12-23-17-6-2-1-3-7-17)21-11-4-5-15(14-21)13-16-8-10-19-20-16/h1-3,6-8,10,15H,4-5,9,11-14H2,(H,19,20)/t15-/m0/s1. The third-order valence-electron chi connectivity index (χ3n) is 4.27. The lowest BCUT2D eigenvalue weighted by Crippen LogP contribution is -2.41. The Balaban J connectivity index is 1.43. The first-order valence-corrected chi connectivity index (χ1v) is 8.25. The minimum absolute atomic E-state index is 0.190. The van der Waals surface area contributed by atoms with Crippen molar-refractivity contribution in [2.45, 2.75) is 25.7 Å². The number of para-hydroxylation sites is 1. The summed E-state index contributed by atoms with van der Waals surface area (Å²) in [6, 6.07) is 11.6. The highest BCUT2D eigenvalue weighted by Gasteiger charge is 2.23. The van der Waals surface area contributed by atoms with Gasteiger partial charge >= 0.3 is 0 Å². The van der Waals surface area contributed by atoms with E-state index in [2.05, 4.69) is 10.2 Å². The van der Waals surface area contributed by atoms with Crippen molar-refractivity contribution in [2.75, 3.05) is 19.7 Å². The first-order valence-electron chi connectivity index (χ1n) is 8.25. The largest absolute Gasteiger partial charge is 0.493 e. The van der Waals surface area contributed by atoms with Crippen molar-refractivity contribution in [2.24, 2.45) is 5.92 Å². The first kappa shape index (κ1) is 15.6. The number of H-pyrrole nitrogens is 1. The molecule has 1 saturated heterocycles. The van der Waals surface area contributed by atoms with Crippen LogP contribution in [0.5, 0.6) is 5.75 Å². The average Bonchev–Trinajstić information content (AvgIpc) is 3.09. The molecular formula is C18H23N3O2. The van der Waals surface area contributed by atoms with Crippen LogP contribution in [0.3, 0.4) is 0 Å². The number of carbonyl (C=O) groups is 1. The molecule has 1 amide bonds. The van der Waals surface area contributed by atoms with E-state index in [0.717, 1.165) is 37.4 Å². The highest BCUT2D eigenvalue weighted by molar-refractivity contribution is 5.76. The van der Waals surface area contributed by atoms with Gasteiger partial charge in [0.1, 0.15) is 5.75 Å². The van der Waals surface area contributed by atoms with E-state index in [4.69, 9.17) is 4.74 Å². The normalized spacial score (nSPS) is 17.9. The predicted molar refractivity (Wildman–Crippen MR) is 88.1 cm³/mol. The number of aromatic nitrogens is 2. The molecule has 23 heavy (non-hydrogen) atoms. The Morgan fingerprint density at radius 1 is 1.30 bits per heavy atom. The van der Waals surface area contributed by atoms with Crippen LogP contribution >= 0.6 is 0 Å². The molecule has 0 unspecified atom stereocenters. The molecule has 2 heterocycles. The van der Waals surface area contributed by atoms with Gasteiger partial charge in [-0.1, -0.05) is 18.2 Å².